The van der Waals surface area contributed by atoms with E-state index in [-0.39, 0.29) is 31.4 Å². The number of anilines is 1. The molecule has 0 bridgehead atoms. The van der Waals surface area contributed by atoms with E-state index in [1.807, 2.05) is 18.5 Å². The number of aliphatic hydroxyl groups excluding tert-OH is 1. The molecular weight excluding hydrogens is 429 g/mol. The molecule has 6 nitrogen and oxygen atoms in total. The number of nitrogens with zero attached hydrogens (tertiary/aromatic N) is 4. The number of fused-ring (bicyclic) bond motifs is 2. The number of likely N-dealkylation sites (N-methyl/N-ethyl adjacent to an activating group) is 1. The van der Waals surface area contributed by atoms with Crippen LogP contribution >= 0.6 is 36.2 Å². The third kappa shape index (κ3) is 4.70. The van der Waals surface area contributed by atoms with Crippen LogP contribution in [-0.2, 0) is 0 Å². The van der Waals surface area contributed by atoms with Gasteiger partial charge in [-0.3, -0.25) is 9.88 Å². The lowest BCUT2D eigenvalue weighted by molar-refractivity contribution is 0.109. The molecule has 0 saturated carbocycles. The highest BCUT2D eigenvalue weighted by atomic mass is 35.5. The van der Waals surface area contributed by atoms with Gasteiger partial charge in [-0.2, -0.15) is 0 Å². The molecule has 160 valence electrons. The molecule has 2 N–H and O–H groups in total. The smallest absolute Gasteiger partial charge is 0.124 e. The maximum absolute atomic E-state index is 9.47. The minimum atomic E-state index is 0. The van der Waals surface area contributed by atoms with Crippen molar-refractivity contribution in [2.24, 2.45) is 0 Å². The minimum Gasteiger partial charge on any atom is -0.396 e. The number of nitrogens with one attached hydrogen (secondary N) is 1. The summed E-state index contributed by atoms with van der Waals surface area (Å²) in [7, 11) is 2.14. The third-order valence-electron chi connectivity index (χ3n) is 5.34. The predicted octanol–water partition coefficient (Wildman–Crippen LogP) is 1.82. The number of halogens is 2. The van der Waals surface area contributed by atoms with Crippen molar-refractivity contribution in [3.05, 3.63) is 39.6 Å². The van der Waals surface area contributed by atoms with Gasteiger partial charge in [0.2, 0.25) is 0 Å². The highest BCUT2D eigenvalue weighted by molar-refractivity contribution is 7.16. The molecule has 4 heterocycles. The van der Waals surface area contributed by atoms with Crippen molar-refractivity contribution in [2.45, 2.75) is 32.2 Å². The molecule has 2 aromatic heterocycles. The number of rotatable bonds is 4. The van der Waals surface area contributed by atoms with E-state index >= 15 is 0 Å². The van der Waals surface area contributed by atoms with Crippen molar-refractivity contribution < 1.29 is 5.11 Å². The van der Waals surface area contributed by atoms with Crippen LogP contribution in [0.2, 0.25) is 0 Å². The fraction of sp³-hybridized carbons (Fsp3) is 0.500. The quantitative estimate of drug-likeness (QED) is 0.729. The van der Waals surface area contributed by atoms with Gasteiger partial charge in [0.15, 0.2) is 0 Å². The summed E-state index contributed by atoms with van der Waals surface area (Å²) in [6, 6.07) is 4.39. The molecule has 0 spiro atoms. The molecule has 4 rings (SSSR count). The number of aliphatic hydroxyl groups is 1. The second-order valence-corrected chi connectivity index (χ2v) is 8.59. The molecule has 0 aromatic carbocycles. The lowest BCUT2D eigenvalue weighted by Crippen LogP contribution is -2.52. The number of piperazine rings is 1. The topological polar surface area (TPSA) is 64.5 Å². The van der Waals surface area contributed by atoms with Gasteiger partial charge in [0.05, 0.1) is 16.1 Å². The zero-order valence-corrected chi connectivity index (χ0v) is 19.4. The Balaban J connectivity index is 0.00000150. The van der Waals surface area contributed by atoms with Crippen LogP contribution in [-0.4, -0.2) is 64.2 Å². The van der Waals surface area contributed by atoms with Crippen molar-refractivity contribution in [2.75, 3.05) is 38.6 Å². The van der Waals surface area contributed by atoms with E-state index in [1.54, 1.807) is 11.3 Å². The van der Waals surface area contributed by atoms with Crippen LogP contribution in [0.3, 0.4) is 0 Å². The first-order valence-electron chi connectivity index (χ1n) is 9.57. The molecule has 29 heavy (non-hydrogen) atoms. The molecule has 1 atom stereocenters. The van der Waals surface area contributed by atoms with E-state index in [4.69, 9.17) is 9.97 Å². The first kappa shape index (κ1) is 23.9. The molecule has 2 aliphatic rings. The first-order valence-corrected chi connectivity index (χ1v) is 10.4. The Kier molecular flexibility index (Phi) is 8.31. The number of hydrogen-bond donors (Lipinski definition) is 2. The Bertz CT molecular complexity index is 949. The van der Waals surface area contributed by atoms with Crippen LogP contribution in [0.4, 0.5) is 5.00 Å². The van der Waals surface area contributed by atoms with Crippen molar-refractivity contribution in [3.8, 4) is 0 Å². The van der Waals surface area contributed by atoms with Crippen LogP contribution in [0.1, 0.15) is 36.9 Å². The lowest BCUT2D eigenvalue weighted by atomic mass is 10.1. The van der Waals surface area contributed by atoms with E-state index in [9.17, 15) is 5.11 Å². The maximum atomic E-state index is 9.47. The van der Waals surface area contributed by atoms with Crippen molar-refractivity contribution in [1.82, 2.24) is 19.8 Å². The van der Waals surface area contributed by atoms with E-state index < -0.39 is 0 Å². The van der Waals surface area contributed by atoms with Crippen LogP contribution in [0, 0.1) is 0 Å². The predicted molar refractivity (Wildman–Crippen MR) is 124 cm³/mol. The average Bonchev–Trinajstić information content (AvgIpc) is 3.02. The molecule has 1 unspecified atom stereocenters. The molecule has 1 saturated heterocycles. The van der Waals surface area contributed by atoms with Gasteiger partial charge in [-0.15, -0.1) is 36.2 Å². The Morgan fingerprint density at radius 1 is 1.31 bits per heavy atom. The Labute approximate surface area is 188 Å². The highest BCUT2D eigenvalue weighted by Gasteiger charge is 2.30. The highest BCUT2D eigenvalue weighted by Crippen LogP contribution is 2.35. The summed E-state index contributed by atoms with van der Waals surface area (Å²) in [5.41, 5.74) is 2.12. The summed E-state index contributed by atoms with van der Waals surface area (Å²) in [4.78, 5) is 14.5. The van der Waals surface area contributed by atoms with E-state index in [0.717, 1.165) is 58.0 Å². The largest absolute Gasteiger partial charge is 0.396 e. The summed E-state index contributed by atoms with van der Waals surface area (Å²) in [5, 5.41) is 17.2. The van der Waals surface area contributed by atoms with Crippen LogP contribution < -0.4 is 15.9 Å². The Morgan fingerprint density at radius 2 is 2.10 bits per heavy atom. The summed E-state index contributed by atoms with van der Waals surface area (Å²) in [6.45, 7) is 7.33. The average molecular weight is 458 g/mol. The number of thiazole rings is 1. The summed E-state index contributed by atoms with van der Waals surface area (Å²) >= 11 is 1.73. The Morgan fingerprint density at radius 3 is 2.83 bits per heavy atom. The standard InChI is InChI=1S/C20H27N5OS.2ClH/c1-13(2)19-23-17-18(25-9-8-24(3)15(12-25)6-10-26)16-14(5-4-7-21-16)11-22-20(17)27-19;;/h4-5,7,11,13,15,22,26H,6,8-10,12H2,1-3H3;2*1H. The summed E-state index contributed by atoms with van der Waals surface area (Å²) in [6.07, 6.45) is 4.67. The number of pyridine rings is 1. The second-order valence-electron chi connectivity index (χ2n) is 7.56. The number of aromatic nitrogens is 2. The zero-order chi connectivity index (χ0) is 19.0. The third-order valence-corrected chi connectivity index (χ3v) is 6.63. The second kappa shape index (κ2) is 10.1. The van der Waals surface area contributed by atoms with Gasteiger partial charge in [0.1, 0.15) is 10.7 Å². The fourth-order valence-electron chi connectivity index (χ4n) is 3.74. The monoisotopic (exact) mass is 457 g/mol. The molecule has 9 heteroatoms. The van der Waals surface area contributed by atoms with Crippen molar-refractivity contribution >= 4 is 53.0 Å². The summed E-state index contributed by atoms with van der Waals surface area (Å²) < 4.78 is 0. The Hall–Kier alpha value is -1.38. The van der Waals surface area contributed by atoms with Gasteiger partial charge in [-0.25, -0.2) is 4.98 Å². The van der Waals surface area contributed by atoms with E-state index in [2.05, 4.69) is 42.1 Å². The summed E-state index contributed by atoms with van der Waals surface area (Å²) in [5.74, 6) is 0.391. The first-order chi connectivity index (χ1) is 13.1. The van der Waals surface area contributed by atoms with Gasteiger partial charge < -0.3 is 15.3 Å². The van der Waals surface area contributed by atoms with Crippen LogP contribution in [0.15, 0.2) is 18.3 Å². The van der Waals surface area contributed by atoms with Gasteiger partial charge >= 0.3 is 0 Å². The zero-order valence-electron chi connectivity index (χ0n) is 17.0. The molecule has 2 aliphatic heterocycles. The molecule has 1 fully saturated rings. The van der Waals surface area contributed by atoms with Crippen molar-refractivity contribution in [1.29, 1.82) is 0 Å². The van der Waals surface area contributed by atoms with Gasteiger partial charge in [-0.05, 0) is 25.6 Å². The molecule has 2 aromatic rings. The van der Waals surface area contributed by atoms with Gasteiger partial charge in [-0.1, -0.05) is 13.8 Å². The number of hydrogen-bond acceptors (Lipinski definition) is 7. The van der Waals surface area contributed by atoms with Crippen molar-refractivity contribution in [3.63, 3.8) is 0 Å². The molecule has 0 amide bonds. The molecule has 0 radical (unpaired) electrons. The SMILES string of the molecule is CC(C)c1nc2c(s1)NC=c1cccnc1=C2N1CCN(C)C(CCO)C1.Cl.Cl. The van der Waals surface area contributed by atoms with Gasteiger partial charge in [0, 0.05) is 55.8 Å². The van der Waals surface area contributed by atoms with E-state index in [0.29, 0.717) is 12.0 Å². The van der Waals surface area contributed by atoms with Crippen LogP contribution in [0.25, 0.3) is 11.9 Å². The maximum Gasteiger partial charge on any atom is 0.124 e. The van der Waals surface area contributed by atoms with Gasteiger partial charge in [0.25, 0.3) is 0 Å². The fourth-order valence-corrected chi connectivity index (χ4v) is 4.68. The minimum absolute atomic E-state index is 0. The molecule has 0 aliphatic carbocycles. The van der Waals surface area contributed by atoms with Crippen LogP contribution in [0.5, 0.6) is 0 Å². The lowest BCUT2D eigenvalue weighted by Gasteiger charge is -2.41. The van der Waals surface area contributed by atoms with E-state index in [1.165, 1.54) is 0 Å². The normalized spacial score (nSPS) is 18.6. The molecular formula is C20H29Cl2N5OS.